The zero-order valence-electron chi connectivity index (χ0n) is 11.0. The lowest BCUT2D eigenvalue weighted by atomic mass is 10.0. The molecule has 1 aliphatic heterocycles. The second-order valence-electron chi connectivity index (χ2n) is 4.96. The smallest absolute Gasteiger partial charge is 0.227 e. The summed E-state index contributed by atoms with van der Waals surface area (Å²) in [4.78, 5) is 14.0. The van der Waals surface area contributed by atoms with E-state index >= 15 is 0 Å². The van der Waals surface area contributed by atoms with Crippen LogP contribution in [0.2, 0.25) is 5.02 Å². The summed E-state index contributed by atoms with van der Waals surface area (Å²) in [6.07, 6.45) is 1.34. The molecule has 0 bridgehead atoms. The Labute approximate surface area is 123 Å². The number of fused-ring (bicyclic) bond motifs is 1. The van der Waals surface area contributed by atoms with Gasteiger partial charge in [0.1, 0.15) is 0 Å². The third-order valence-corrected chi connectivity index (χ3v) is 3.96. The van der Waals surface area contributed by atoms with Gasteiger partial charge in [-0.25, -0.2) is 0 Å². The molecule has 0 saturated heterocycles. The molecule has 2 N–H and O–H groups in total. The second-order valence-corrected chi connectivity index (χ2v) is 5.37. The average Bonchev–Trinajstić information content (AvgIpc) is 2.46. The molecule has 2 aromatic rings. The normalized spacial score (nSPS) is 14.2. The second kappa shape index (κ2) is 5.17. The number of benzene rings is 2. The zero-order valence-corrected chi connectivity index (χ0v) is 11.7. The van der Waals surface area contributed by atoms with Crippen molar-refractivity contribution < 1.29 is 4.79 Å². The molecule has 0 aliphatic carbocycles. The number of hydrogen-bond donors (Lipinski definition) is 1. The van der Waals surface area contributed by atoms with Crippen LogP contribution in [0.4, 0.5) is 11.4 Å². The number of carbonyl (C=O) groups excluding carboxylic acids is 1. The van der Waals surface area contributed by atoms with E-state index in [-0.39, 0.29) is 5.91 Å². The Kier molecular flexibility index (Phi) is 3.36. The minimum Gasteiger partial charge on any atom is -0.399 e. The van der Waals surface area contributed by atoms with E-state index in [0.29, 0.717) is 23.7 Å². The topological polar surface area (TPSA) is 46.3 Å². The molecule has 1 heterocycles. The fourth-order valence-electron chi connectivity index (χ4n) is 2.56. The van der Waals surface area contributed by atoms with Gasteiger partial charge < -0.3 is 10.6 Å². The van der Waals surface area contributed by atoms with Crippen molar-refractivity contribution in [3.05, 3.63) is 58.6 Å². The lowest BCUT2D eigenvalue weighted by Crippen LogP contribution is -2.34. The van der Waals surface area contributed by atoms with E-state index in [4.69, 9.17) is 17.3 Å². The number of amides is 1. The SMILES string of the molecule is Nc1ccc(Cl)c(CN2C(=O)CCc3ccccc32)c1. The summed E-state index contributed by atoms with van der Waals surface area (Å²) in [5.74, 6) is 0.127. The van der Waals surface area contributed by atoms with E-state index in [2.05, 4.69) is 6.07 Å². The van der Waals surface area contributed by atoms with Crippen LogP contribution in [0.15, 0.2) is 42.5 Å². The molecule has 3 nitrogen and oxygen atoms in total. The van der Waals surface area contributed by atoms with Crippen LogP contribution in [0.1, 0.15) is 17.5 Å². The third kappa shape index (κ3) is 2.37. The van der Waals surface area contributed by atoms with Gasteiger partial charge in [-0.1, -0.05) is 29.8 Å². The number of nitrogen functional groups attached to an aromatic ring is 1. The van der Waals surface area contributed by atoms with Crippen molar-refractivity contribution in [1.82, 2.24) is 0 Å². The molecule has 0 unspecified atom stereocenters. The zero-order chi connectivity index (χ0) is 14.1. The molecule has 1 aliphatic rings. The highest BCUT2D eigenvalue weighted by atomic mass is 35.5. The number of halogens is 1. The van der Waals surface area contributed by atoms with Gasteiger partial charge in [-0.15, -0.1) is 0 Å². The highest BCUT2D eigenvalue weighted by Crippen LogP contribution is 2.30. The summed E-state index contributed by atoms with van der Waals surface area (Å²) in [5, 5.41) is 0.634. The van der Waals surface area contributed by atoms with Crippen LogP contribution in [0, 0.1) is 0 Å². The number of nitrogens with zero attached hydrogens (tertiary/aromatic N) is 1. The lowest BCUT2D eigenvalue weighted by Gasteiger charge is -2.29. The Morgan fingerprint density at radius 2 is 1.95 bits per heavy atom. The lowest BCUT2D eigenvalue weighted by molar-refractivity contribution is -0.119. The van der Waals surface area contributed by atoms with Gasteiger partial charge >= 0.3 is 0 Å². The molecule has 102 valence electrons. The molecule has 0 saturated carbocycles. The van der Waals surface area contributed by atoms with E-state index in [9.17, 15) is 4.79 Å². The molecule has 2 aromatic carbocycles. The van der Waals surface area contributed by atoms with Crippen molar-refractivity contribution in [1.29, 1.82) is 0 Å². The number of hydrogen-bond acceptors (Lipinski definition) is 2. The van der Waals surface area contributed by atoms with Gasteiger partial charge in [-0.2, -0.15) is 0 Å². The quantitative estimate of drug-likeness (QED) is 0.860. The molecule has 20 heavy (non-hydrogen) atoms. The monoisotopic (exact) mass is 286 g/mol. The van der Waals surface area contributed by atoms with E-state index in [0.717, 1.165) is 17.7 Å². The van der Waals surface area contributed by atoms with E-state index in [1.165, 1.54) is 5.56 Å². The molecular formula is C16H15ClN2O. The number of anilines is 2. The number of rotatable bonds is 2. The van der Waals surface area contributed by atoms with E-state index in [1.807, 2.05) is 24.3 Å². The van der Waals surface area contributed by atoms with E-state index < -0.39 is 0 Å². The van der Waals surface area contributed by atoms with Gasteiger partial charge in [0.05, 0.1) is 6.54 Å². The highest BCUT2D eigenvalue weighted by molar-refractivity contribution is 6.31. The molecular weight excluding hydrogens is 272 g/mol. The summed E-state index contributed by atoms with van der Waals surface area (Å²) in [5.41, 5.74) is 9.50. The Morgan fingerprint density at radius 3 is 2.80 bits per heavy atom. The number of para-hydroxylation sites is 1. The molecule has 0 fully saturated rings. The minimum atomic E-state index is 0.127. The molecule has 0 radical (unpaired) electrons. The van der Waals surface area contributed by atoms with Crippen molar-refractivity contribution in [2.75, 3.05) is 10.6 Å². The predicted octanol–water partition coefficient (Wildman–Crippen LogP) is 3.40. The van der Waals surface area contributed by atoms with E-state index in [1.54, 1.807) is 17.0 Å². The number of aryl methyl sites for hydroxylation is 1. The highest BCUT2D eigenvalue weighted by Gasteiger charge is 2.24. The molecule has 0 spiro atoms. The Bertz CT molecular complexity index is 669. The molecule has 0 atom stereocenters. The van der Waals surface area contributed by atoms with Gasteiger partial charge in [0.2, 0.25) is 5.91 Å². The van der Waals surface area contributed by atoms with Gasteiger partial charge in [0.15, 0.2) is 0 Å². The predicted molar refractivity (Wildman–Crippen MR) is 81.8 cm³/mol. The van der Waals surface area contributed by atoms with Gasteiger partial charge in [-0.3, -0.25) is 4.79 Å². The van der Waals surface area contributed by atoms with Crippen LogP contribution in [-0.4, -0.2) is 5.91 Å². The van der Waals surface area contributed by atoms with Crippen molar-refractivity contribution >= 4 is 28.9 Å². The first-order valence-corrected chi connectivity index (χ1v) is 6.95. The van der Waals surface area contributed by atoms with Crippen LogP contribution >= 0.6 is 11.6 Å². The Hall–Kier alpha value is -2.00. The minimum absolute atomic E-state index is 0.127. The summed E-state index contributed by atoms with van der Waals surface area (Å²) >= 11 is 6.20. The Morgan fingerprint density at radius 1 is 1.15 bits per heavy atom. The van der Waals surface area contributed by atoms with Crippen LogP contribution in [0.5, 0.6) is 0 Å². The summed E-state index contributed by atoms with van der Waals surface area (Å²) in [7, 11) is 0. The maximum Gasteiger partial charge on any atom is 0.227 e. The summed E-state index contributed by atoms with van der Waals surface area (Å²) in [6, 6.07) is 13.4. The Balaban J connectivity index is 1.97. The van der Waals surface area contributed by atoms with Crippen LogP contribution < -0.4 is 10.6 Å². The van der Waals surface area contributed by atoms with Crippen molar-refractivity contribution in [3.8, 4) is 0 Å². The molecule has 3 rings (SSSR count). The fraction of sp³-hybridized carbons (Fsp3) is 0.188. The third-order valence-electron chi connectivity index (χ3n) is 3.59. The maximum absolute atomic E-state index is 12.2. The van der Waals surface area contributed by atoms with Gasteiger partial charge in [-0.05, 0) is 41.8 Å². The standard InChI is InChI=1S/C16H15ClN2O/c17-14-7-6-13(18)9-12(14)10-19-15-4-2-1-3-11(15)5-8-16(19)20/h1-4,6-7,9H,5,8,10,18H2. The van der Waals surface area contributed by atoms with Crippen molar-refractivity contribution in [2.45, 2.75) is 19.4 Å². The molecule has 1 amide bonds. The van der Waals surface area contributed by atoms with Crippen molar-refractivity contribution in [3.63, 3.8) is 0 Å². The first kappa shape index (κ1) is 13.0. The summed E-state index contributed by atoms with van der Waals surface area (Å²) in [6.45, 7) is 0.458. The van der Waals surface area contributed by atoms with Crippen LogP contribution in [0.3, 0.4) is 0 Å². The van der Waals surface area contributed by atoms with Crippen LogP contribution in [0.25, 0.3) is 0 Å². The molecule has 4 heteroatoms. The van der Waals surface area contributed by atoms with Gasteiger partial charge in [0, 0.05) is 22.8 Å². The number of carbonyl (C=O) groups is 1. The first-order chi connectivity index (χ1) is 9.65. The summed E-state index contributed by atoms with van der Waals surface area (Å²) < 4.78 is 0. The number of nitrogens with two attached hydrogens (primary N) is 1. The van der Waals surface area contributed by atoms with Crippen molar-refractivity contribution in [2.24, 2.45) is 0 Å². The van der Waals surface area contributed by atoms with Gasteiger partial charge in [0.25, 0.3) is 0 Å². The largest absolute Gasteiger partial charge is 0.399 e. The first-order valence-electron chi connectivity index (χ1n) is 6.57. The molecule has 0 aromatic heterocycles. The van der Waals surface area contributed by atoms with Crippen LogP contribution in [-0.2, 0) is 17.8 Å². The average molecular weight is 287 g/mol. The fourth-order valence-corrected chi connectivity index (χ4v) is 2.73. The maximum atomic E-state index is 12.2.